The molecule has 0 fully saturated rings. The zero-order valence-corrected chi connectivity index (χ0v) is 7.34. The van der Waals surface area contributed by atoms with Crippen molar-refractivity contribution in [1.29, 1.82) is 0 Å². The maximum atomic E-state index is 10.4. The summed E-state index contributed by atoms with van der Waals surface area (Å²) in [5.74, 6) is 0. The van der Waals surface area contributed by atoms with Gasteiger partial charge in [0, 0.05) is 6.20 Å². The van der Waals surface area contributed by atoms with Crippen LogP contribution >= 0.6 is 0 Å². The van der Waals surface area contributed by atoms with Crippen LogP contribution in [-0.2, 0) is 22.2 Å². The van der Waals surface area contributed by atoms with Gasteiger partial charge in [0.2, 0.25) is 11.1 Å². The minimum atomic E-state index is -2.14. The Morgan fingerprint density at radius 3 is 2.17 bits per heavy atom. The molecule has 0 amide bonds. The van der Waals surface area contributed by atoms with E-state index in [9.17, 15) is 8.42 Å². The minimum absolute atomic E-state index is 0.0378. The molecule has 0 saturated heterocycles. The number of hydrogen-bond donors (Lipinski definition) is 2. The van der Waals surface area contributed by atoms with Gasteiger partial charge in [0.15, 0.2) is 16.1 Å². The van der Waals surface area contributed by atoms with E-state index in [4.69, 9.17) is 9.11 Å². The van der Waals surface area contributed by atoms with Crippen LogP contribution in [0.15, 0.2) is 28.3 Å². The molecule has 66 valence electrons. The Morgan fingerprint density at radius 1 is 1.17 bits per heavy atom. The monoisotopic (exact) mass is 207 g/mol. The van der Waals surface area contributed by atoms with Gasteiger partial charge in [-0.2, -0.15) is 0 Å². The molecule has 0 spiro atoms. The second kappa shape index (κ2) is 3.85. The molecule has 0 saturated carbocycles. The maximum absolute atomic E-state index is 10.4. The Balaban J connectivity index is 3.01. The zero-order chi connectivity index (χ0) is 9.14. The molecule has 2 N–H and O–H groups in total. The lowest BCUT2D eigenvalue weighted by Crippen LogP contribution is -1.95. The lowest BCUT2D eigenvalue weighted by atomic mass is 10.5. The summed E-state index contributed by atoms with van der Waals surface area (Å²) >= 11 is -4.24. The van der Waals surface area contributed by atoms with Gasteiger partial charge in [-0.05, 0) is 12.1 Å². The molecule has 5 nitrogen and oxygen atoms in total. The summed E-state index contributed by atoms with van der Waals surface area (Å²) < 4.78 is 37.9. The molecule has 1 aromatic heterocycles. The Labute approximate surface area is 73.4 Å². The van der Waals surface area contributed by atoms with Crippen LogP contribution in [0, 0.1) is 0 Å². The highest BCUT2D eigenvalue weighted by Crippen LogP contribution is 2.05. The normalized spacial score (nSPS) is 15.5. The first-order valence-electron chi connectivity index (χ1n) is 2.79. The smallest absolute Gasteiger partial charge is 0.205 e. The molecule has 2 atom stereocenters. The average Bonchev–Trinajstić information content (AvgIpc) is 2.04. The van der Waals surface area contributed by atoms with Gasteiger partial charge in [0.05, 0.1) is 4.90 Å². The van der Waals surface area contributed by atoms with E-state index in [0.717, 1.165) is 6.20 Å². The molecule has 7 heteroatoms. The van der Waals surface area contributed by atoms with Gasteiger partial charge in [0.1, 0.15) is 0 Å². The van der Waals surface area contributed by atoms with Crippen LogP contribution < -0.4 is 0 Å². The van der Waals surface area contributed by atoms with Crippen LogP contribution in [0.4, 0.5) is 0 Å². The van der Waals surface area contributed by atoms with E-state index in [2.05, 4.69) is 4.98 Å². The molecule has 0 radical (unpaired) electrons. The van der Waals surface area contributed by atoms with Crippen molar-refractivity contribution >= 4 is 22.2 Å². The van der Waals surface area contributed by atoms with Crippen molar-refractivity contribution < 1.29 is 17.5 Å². The second-order valence-corrected chi connectivity index (χ2v) is 3.72. The lowest BCUT2D eigenvalue weighted by molar-refractivity contribution is 0.556. The standard InChI is InChI=1S/C5H5NO4S2/c7-11(8)4-1-2-5(6-3-4)12(9)10/h1-3H,(H,7,8)(H,9,10). The van der Waals surface area contributed by atoms with Crippen molar-refractivity contribution in [1.82, 2.24) is 4.98 Å². The first-order valence-corrected chi connectivity index (χ1v) is 5.00. The fraction of sp³-hybridized carbons (Fsp3) is 0. The van der Waals surface area contributed by atoms with Gasteiger partial charge < -0.3 is 9.11 Å². The molecule has 0 aliphatic carbocycles. The molecule has 1 heterocycles. The minimum Gasteiger partial charge on any atom is -0.302 e. The van der Waals surface area contributed by atoms with E-state index in [1.54, 1.807) is 0 Å². The summed E-state index contributed by atoms with van der Waals surface area (Å²) in [5.41, 5.74) is 0. The number of pyridine rings is 1. The summed E-state index contributed by atoms with van der Waals surface area (Å²) in [4.78, 5) is 3.60. The third-order valence-electron chi connectivity index (χ3n) is 1.09. The van der Waals surface area contributed by atoms with Crippen molar-refractivity contribution in [3.8, 4) is 0 Å². The third-order valence-corrected chi connectivity index (χ3v) is 2.33. The van der Waals surface area contributed by atoms with Crippen LogP contribution in [0.3, 0.4) is 0 Å². The Hall–Kier alpha value is -0.630. The molecule has 2 unspecified atom stereocenters. The summed E-state index contributed by atoms with van der Waals surface area (Å²) in [6, 6.07) is 2.49. The highest BCUT2D eigenvalue weighted by Gasteiger charge is 2.03. The van der Waals surface area contributed by atoms with Crippen molar-refractivity contribution in [3.05, 3.63) is 18.3 Å². The van der Waals surface area contributed by atoms with E-state index in [0.29, 0.717) is 0 Å². The molecule has 0 bridgehead atoms. The highest BCUT2D eigenvalue weighted by molar-refractivity contribution is 7.79. The summed E-state index contributed by atoms with van der Waals surface area (Å²) in [6.07, 6.45) is 1.08. The van der Waals surface area contributed by atoms with Crippen LogP contribution in [0.2, 0.25) is 0 Å². The topological polar surface area (TPSA) is 87.5 Å². The third kappa shape index (κ3) is 2.18. The Morgan fingerprint density at radius 2 is 1.83 bits per heavy atom. The summed E-state index contributed by atoms with van der Waals surface area (Å²) in [5, 5.41) is -0.0378. The van der Waals surface area contributed by atoms with Crippen LogP contribution in [0.25, 0.3) is 0 Å². The van der Waals surface area contributed by atoms with E-state index in [1.165, 1.54) is 12.1 Å². The highest BCUT2D eigenvalue weighted by atomic mass is 32.2. The average molecular weight is 207 g/mol. The van der Waals surface area contributed by atoms with Gasteiger partial charge in [-0.15, -0.1) is 0 Å². The predicted octanol–water partition coefficient (Wildman–Crippen LogP) is 0.243. The van der Waals surface area contributed by atoms with Gasteiger partial charge in [-0.1, -0.05) is 0 Å². The first kappa shape index (κ1) is 9.46. The van der Waals surface area contributed by atoms with Crippen molar-refractivity contribution in [2.45, 2.75) is 9.92 Å². The van der Waals surface area contributed by atoms with Gasteiger partial charge in [0.25, 0.3) is 0 Å². The van der Waals surface area contributed by atoms with E-state index in [-0.39, 0.29) is 9.92 Å². The molecule has 12 heavy (non-hydrogen) atoms. The first-order chi connectivity index (χ1) is 5.61. The van der Waals surface area contributed by atoms with Crippen molar-refractivity contribution in [3.63, 3.8) is 0 Å². The predicted molar refractivity (Wildman–Crippen MR) is 42.3 cm³/mol. The van der Waals surface area contributed by atoms with Gasteiger partial charge >= 0.3 is 0 Å². The van der Waals surface area contributed by atoms with Crippen molar-refractivity contribution in [2.24, 2.45) is 0 Å². The number of nitrogens with zero attached hydrogens (tertiary/aromatic N) is 1. The molecular formula is C5H5NO4S2. The van der Waals surface area contributed by atoms with E-state index >= 15 is 0 Å². The van der Waals surface area contributed by atoms with Crippen molar-refractivity contribution in [2.75, 3.05) is 0 Å². The Bertz CT molecular complexity index is 290. The molecular weight excluding hydrogens is 202 g/mol. The molecule has 0 aliphatic heterocycles. The Kier molecular flexibility index (Phi) is 3.04. The fourth-order valence-corrected chi connectivity index (χ4v) is 1.23. The number of hydrogen-bond acceptors (Lipinski definition) is 3. The van der Waals surface area contributed by atoms with Crippen LogP contribution in [-0.4, -0.2) is 22.5 Å². The molecule has 0 aromatic carbocycles. The summed E-state index contributed by atoms with van der Waals surface area (Å²) in [6.45, 7) is 0. The SMILES string of the molecule is O=S(O)c1ccc(S(=O)O)nc1. The second-order valence-electron chi connectivity index (χ2n) is 1.83. The zero-order valence-electron chi connectivity index (χ0n) is 5.71. The largest absolute Gasteiger partial charge is 0.302 e. The van der Waals surface area contributed by atoms with E-state index in [1.807, 2.05) is 0 Å². The van der Waals surface area contributed by atoms with Crippen LogP contribution in [0.1, 0.15) is 0 Å². The summed E-state index contributed by atoms with van der Waals surface area (Å²) in [7, 11) is 0. The number of aromatic nitrogens is 1. The van der Waals surface area contributed by atoms with Crippen LogP contribution in [0.5, 0.6) is 0 Å². The molecule has 0 aliphatic rings. The molecule has 1 rings (SSSR count). The quantitative estimate of drug-likeness (QED) is 0.678. The number of rotatable bonds is 2. The van der Waals surface area contributed by atoms with Gasteiger partial charge in [-0.25, -0.2) is 13.4 Å². The maximum Gasteiger partial charge on any atom is 0.205 e. The fourth-order valence-electron chi connectivity index (χ4n) is 0.573. The van der Waals surface area contributed by atoms with E-state index < -0.39 is 22.2 Å². The van der Waals surface area contributed by atoms with Gasteiger partial charge in [-0.3, -0.25) is 0 Å². The lowest BCUT2D eigenvalue weighted by Gasteiger charge is -1.94. The molecule has 1 aromatic rings.